The Hall–Kier alpha value is -1.59. The lowest BCUT2D eigenvalue weighted by atomic mass is 10.00. The van der Waals surface area contributed by atoms with E-state index in [4.69, 9.17) is 10.5 Å². The van der Waals surface area contributed by atoms with Gasteiger partial charge in [-0.3, -0.25) is 0 Å². The van der Waals surface area contributed by atoms with Crippen LogP contribution in [0.15, 0.2) is 24.3 Å². The highest BCUT2D eigenvalue weighted by molar-refractivity contribution is 5.89. The van der Waals surface area contributed by atoms with Crippen molar-refractivity contribution in [3.63, 3.8) is 0 Å². The van der Waals surface area contributed by atoms with E-state index in [-0.39, 0.29) is 18.2 Å². The molecule has 1 aliphatic heterocycles. The molecule has 3 unspecified atom stereocenters. The van der Waals surface area contributed by atoms with Crippen LogP contribution in [-0.4, -0.2) is 25.3 Å². The van der Waals surface area contributed by atoms with Gasteiger partial charge in [0.05, 0.1) is 6.10 Å². The summed E-state index contributed by atoms with van der Waals surface area (Å²) in [6, 6.07) is 7.42. The van der Waals surface area contributed by atoms with Gasteiger partial charge in [0.1, 0.15) is 0 Å². The SMILES string of the molecule is CCC1OCCC1CNC(=O)Nc1ccc(C(C)N)cc1. The molecule has 3 atom stereocenters. The molecule has 1 aromatic rings. The first-order valence-electron chi connectivity index (χ1n) is 7.62. The number of hydrogen-bond donors (Lipinski definition) is 3. The quantitative estimate of drug-likeness (QED) is 0.780. The molecular formula is C16H25N3O2. The molecule has 0 spiro atoms. The second-order valence-electron chi connectivity index (χ2n) is 5.61. The lowest BCUT2D eigenvalue weighted by Gasteiger charge is -2.17. The second-order valence-corrected chi connectivity index (χ2v) is 5.61. The van der Waals surface area contributed by atoms with Gasteiger partial charge in [0.2, 0.25) is 0 Å². The minimum atomic E-state index is -0.176. The van der Waals surface area contributed by atoms with E-state index in [0.717, 1.165) is 30.7 Å². The van der Waals surface area contributed by atoms with Crippen LogP contribution in [0.4, 0.5) is 10.5 Å². The first-order chi connectivity index (χ1) is 10.1. The number of ether oxygens (including phenoxy) is 1. The van der Waals surface area contributed by atoms with E-state index in [2.05, 4.69) is 17.6 Å². The zero-order valence-corrected chi connectivity index (χ0v) is 12.8. The number of carbonyl (C=O) groups is 1. The number of benzene rings is 1. The monoisotopic (exact) mass is 291 g/mol. The Kier molecular flexibility index (Phi) is 5.59. The fourth-order valence-electron chi connectivity index (χ4n) is 2.65. The predicted octanol–water partition coefficient (Wildman–Crippen LogP) is 2.64. The van der Waals surface area contributed by atoms with Gasteiger partial charge in [-0.15, -0.1) is 0 Å². The van der Waals surface area contributed by atoms with Crippen LogP contribution in [0.25, 0.3) is 0 Å². The molecule has 1 aromatic carbocycles. The van der Waals surface area contributed by atoms with Crippen LogP contribution in [0.3, 0.4) is 0 Å². The highest BCUT2D eigenvalue weighted by Gasteiger charge is 2.26. The molecule has 2 amide bonds. The van der Waals surface area contributed by atoms with E-state index in [9.17, 15) is 4.79 Å². The van der Waals surface area contributed by atoms with Crippen LogP contribution in [0.2, 0.25) is 0 Å². The molecule has 1 fully saturated rings. The number of nitrogens with one attached hydrogen (secondary N) is 2. The number of urea groups is 1. The fourth-order valence-corrected chi connectivity index (χ4v) is 2.65. The zero-order chi connectivity index (χ0) is 15.2. The molecule has 2 rings (SSSR count). The molecule has 5 nitrogen and oxygen atoms in total. The second kappa shape index (κ2) is 7.43. The van der Waals surface area contributed by atoms with Crippen molar-refractivity contribution >= 4 is 11.7 Å². The van der Waals surface area contributed by atoms with Gasteiger partial charge in [0.15, 0.2) is 0 Å². The summed E-state index contributed by atoms with van der Waals surface area (Å²) in [7, 11) is 0. The van der Waals surface area contributed by atoms with Crippen LogP contribution in [-0.2, 0) is 4.74 Å². The van der Waals surface area contributed by atoms with Gasteiger partial charge in [-0.1, -0.05) is 19.1 Å². The van der Waals surface area contributed by atoms with Gasteiger partial charge < -0.3 is 21.1 Å². The molecule has 1 aliphatic rings. The van der Waals surface area contributed by atoms with Crippen LogP contribution < -0.4 is 16.4 Å². The summed E-state index contributed by atoms with van der Waals surface area (Å²) in [5, 5.41) is 5.75. The maximum Gasteiger partial charge on any atom is 0.319 e. The van der Waals surface area contributed by atoms with Crippen molar-refractivity contribution in [3.8, 4) is 0 Å². The fraction of sp³-hybridized carbons (Fsp3) is 0.562. The standard InChI is InChI=1S/C16H25N3O2/c1-3-15-13(8-9-21-15)10-18-16(20)19-14-6-4-12(5-7-14)11(2)17/h4-7,11,13,15H,3,8-10,17H2,1-2H3,(H2,18,19,20). The van der Waals surface area contributed by atoms with E-state index in [1.165, 1.54) is 0 Å². The first kappa shape index (κ1) is 15.8. The minimum absolute atomic E-state index is 0.00113. The number of nitrogens with two attached hydrogens (primary N) is 1. The third kappa shape index (κ3) is 4.44. The highest BCUT2D eigenvalue weighted by Crippen LogP contribution is 2.22. The molecule has 4 N–H and O–H groups in total. The average Bonchev–Trinajstić information content (AvgIpc) is 2.93. The molecule has 0 saturated carbocycles. The summed E-state index contributed by atoms with van der Waals surface area (Å²) in [6.45, 7) is 5.50. The largest absolute Gasteiger partial charge is 0.378 e. The molecule has 0 bridgehead atoms. The van der Waals surface area contributed by atoms with Gasteiger partial charge in [0, 0.05) is 30.8 Å². The Morgan fingerprint density at radius 3 is 2.76 bits per heavy atom. The minimum Gasteiger partial charge on any atom is -0.378 e. The zero-order valence-electron chi connectivity index (χ0n) is 12.8. The van der Waals surface area contributed by atoms with E-state index >= 15 is 0 Å². The number of hydrogen-bond acceptors (Lipinski definition) is 3. The Morgan fingerprint density at radius 1 is 1.43 bits per heavy atom. The van der Waals surface area contributed by atoms with E-state index in [1.54, 1.807) is 0 Å². The normalized spacial score (nSPS) is 22.8. The molecule has 0 radical (unpaired) electrons. The maximum atomic E-state index is 11.9. The van der Waals surface area contributed by atoms with Gasteiger partial charge in [-0.2, -0.15) is 0 Å². The van der Waals surface area contributed by atoms with E-state index in [1.807, 2.05) is 31.2 Å². The third-order valence-corrected chi connectivity index (χ3v) is 3.97. The van der Waals surface area contributed by atoms with Crippen molar-refractivity contribution in [1.82, 2.24) is 5.32 Å². The van der Waals surface area contributed by atoms with Gasteiger partial charge in [0.25, 0.3) is 0 Å². The Labute approximate surface area is 126 Å². The number of anilines is 1. The summed E-state index contributed by atoms with van der Waals surface area (Å²) in [6.07, 6.45) is 2.28. The number of rotatable bonds is 5. The van der Waals surface area contributed by atoms with E-state index in [0.29, 0.717) is 12.5 Å². The lowest BCUT2D eigenvalue weighted by molar-refractivity contribution is 0.0879. The van der Waals surface area contributed by atoms with Gasteiger partial charge >= 0.3 is 6.03 Å². The molecule has 21 heavy (non-hydrogen) atoms. The van der Waals surface area contributed by atoms with Crippen molar-refractivity contribution in [1.29, 1.82) is 0 Å². The first-order valence-corrected chi connectivity index (χ1v) is 7.62. The predicted molar refractivity (Wildman–Crippen MR) is 84.2 cm³/mol. The Bertz CT molecular complexity index is 459. The summed E-state index contributed by atoms with van der Waals surface area (Å²) < 4.78 is 5.62. The van der Waals surface area contributed by atoms with Crippen molar-refractivity contribution in [2.75, 3.05) is 18.5 Å². The lowest BCUT2D eigenvalue weighted by Crippen LogP contribution is -2.35. The maximum absolute atomic E-state index is 11.9. The Morgan fingerprint density at radius 2 is 2.14 bits per heavy atom. The van der Waals surface area contributed by atoms with Crippen molar-refractivity contribution in [3.05, 3.63) is 29.8 Å². The molecule has 0 aliphatic carbocycles. The van der Waals surface area contributed by atoms with Gasteiger partial charge in [-0.05, 0) is 37.5 Å². The smallest absolute Gasteiger partial charge is 0.319 e. The summed E-state index contributed by atoms with van der Waals surface area (Å²) in [5.74, 6) is 0.418. The summed E-state index contributed by atoms with van der Waals surface area (Å²) in [5.41, 5.74) is 7.62. The van der Waals surface area contributed by atoms with Crippen molar-refractivity contribution in [2.24, 2.45) is 11.7 Å². The third-order valence-electron chi connectivity index (χ3n) is 3.97. The summed E-state index contributed by atoms with van der Waals surface area (Å²) >= 11 is 0. The molecule has 1 heterocycles. The number of amides is 2. The van der Waals surface area contributed by atoms with Crippen LogP contribution >= 0.6 is 0 Å². The topological polar surface area (TPSA) is 76.4 Å². The molecule has 116 valence electrons. The number of carbonyl (C=O) groups excluding carboxylic acids is 1. The molecule has 5 heteroatoms. The Balaban J connectivity index is 1.79. The van der Waals surface area contributed by atoms with Crippen molar-refractivity contribution < 1.29 is 9.53 Å². The molecular weight excluding hydrogens is 266 g/mol. The summed E-state index contributed by atoms with van der Waals surface area (Å²) in [4.78, 5) is 11.9. The van der Waals surface area contributed by atoms with Gasteiger partial charge in [-0.25, -0.2) is 4.79 Å². The van der Waals surface area contributed by atoms with Crippen molar-refractivity contribution in [2.45, 2.75) is 38.8 Å². The molecule has 0 aromatic heterocycles. The van der Waals surface area contributed by atoms with E-state index < -0.39 is 0 Å². The van der Waals surface area contributed by atoms with Crippen LogP contribution in [0.5, 0.6) is 0 Å². The highest BCUT2D eigenvalue weighted by atomic mass is 16.5. The van der Waals surface area contributed by atoms with Crippen LogP contribution in [0.1, 0.15) is 38.3 Å². The average molecular weight is 291 g/mol. The van der Waals surface area contributed by atoms with Crippen LogP contribution in [0, 0.1) is 5.92 Å². The molecule has 1 saturated heterocycles.